The van der Waals surface area contributed by atoms with E-state index in [4.69, 9.17) is 10.5 Å². The van der Waals surface area contributed by atoms with Crippen LogP contribution < -0.4 is 5.73 Å². The maximum atomic E-state index is 10.3. The van der Waals surface area contributed by atoms with Crippen LogP contribution in [0.1, 0.15) is 19.8 Å². The average molecular weight is 172 g/mol. The predicted molar refractivity (Wildman–Crippen MR) is 45.8 cm³/mol. The number of likely N-dealkylation sites (tertiary alicyclic amines) is 1. The van der Waals surface area contributed by atoms with Crippen molar-refractivity contribution in [1.29, 1.82) is 0 Å². The molecule has 1 aliphatic heterocycles. The van der Waals surface area contributed by atoms with Crippen LogP contribution in [0.25, 0.3) is 0 Å². The number of hydrogen-bond acceptors (Lipinski definition) is 3. The van der Waals surface area contributed by atoms with Crippen molar-refractivity contribution in [3.63, 3.8) is 0 Å². The Balaban J connectivity index is 2.26. The van der Waals surface area contributed by atoms with Crippen LogP contribution in [0.15, 0.2) is 0 Å². The number of rotatable bonds is 3. The lowest BCUT2D eigenvalue weighted by atomic mass is 10.2. The summed E-state index contributed by atoms with van der Waals surface area (Å²) in [5.41, 5.74) is 4.88. The summed E-state index contributed by atoms with van der Waals surface area (Å²) in [7, 11) is 0. The van der Waals surface area contributed by atoms with Crippen molar-refractivity contribution in [1.82, 2.24) is 4.90 Å². The maximum absolute atomic E-state index is 10.3. The maximum Gasteiger partial charge on any atom is 0.404 e. The summed E-state index contributed by atoms with van der Waals surface area (Å²) in [5.74, 6) is 0. The van der Waals surface area contributed by atoms with E-state index in [9.17, 15) is 4.79 Å². The van der Waals surface area contributed by atoms with E-state index in [1.54, 1.807) is 0 Å². The molecule has 70 valence electrons. The highest BCUT2D eigenvalue weighted by atomic mass is 16.5. The van der Waals surface area contributed by atoms with Crippen molar-refractivity contribution >= 4 is 6.09 Å². The van der Waals surface area contributed by atoms with Crippen molar-refractivity contribution in [2.24, 2.45) is 5.73 Å². The quantitative estimate of drug-likeness (QED) is 0.677. The number of primary amides is 1. The number of carbonyl (C=O) groups is 1. The van der Waals surface area contributed by atoms with Crippen molar-refractivity contribution in [3.8, 4) is 0 Å². The summed E-state index contributed by atoms with van der Waals surface area (Å²) in [6.07, 6.45) is 1.64. The Morgan fingerprint density at radius 1 is 1.75 bits per heavy atom. The third-order valence-electron chi connectivity index (χ3n) is 2.32. The Morgan fingerprint density at radius 2 is 2.50 bits per heavy atom. The number of ether oxygens (including phenoxy) is 1. The molecule has 1 saturated heterocycles. The van der Waals surface area contributed by atoms with E-state index >= 15 is 0 Å². The van der Waals surface area contributed by atoms with Gasteiger partial charge in [-0.2, -0.15) is 0 Å². The summed E-state index contributed by atoms with van der Waals surface area (Å²) in [6, 6.07) is 0.391. The molecule has 1 rings (SSSR count). The first-order chi connectivity index (χ1) is 5.74. The molecule has 0 saturated carbocycles. The zero-order chi connectivity index (χ0) is 8.97. The van der Waals surface area contributed by atoms with Crippen molar-refractivity contribution in [3.05, 3.63) is 0 Å². The van der Waals surface area contributed by atoms with Gasteiger partial charge in [-0.25, -0.2) is 4.79 Å². The van der Waals surface area contributed by atoms with Crippen LogP contribution in [0.5, 0.6) is 0 Å². The molecule has 12 heavy (non-hydrogen) atoms. The summed E-state index contributed by atoms with van der Waals surface area (Å²) < 4.78 is 4.76. The molecule has 1 amide bonds. The van der Waals surface area contributed by atoms with E-state index in [1.807, 2.05) is 0 Å². The van der Waals surface area contributed by atoms with E-state index in [-0.39, 0.29) is 0 Å². The molecule has 0 aromatic rings. The Hall–Kier alpha value is -0.770. The predicted octanol–water partition coefficient (Wildman–Crippen LogP) is 0.566. The van der Waals surface area contributed by atoms with E-state index in [2.05, 4.69) is 11.8 Å². The molecule has 1 atom stereocenters. The number of likely N-dealkylation sites (N-methyl/N-ethyl adjacent to an activating group) is 1. The van der Waals surface area contributed by atoms with Crippen LogP contribution in [-0.4, -0.2) is 36.7 Å². The molecular formula is C8H16N2O2. The normalized spacial score (nSPS) is 24.2. The average Bonchev–Trinajstić information content (AvgIpc) is 2.47. The monoisotopic (exact) mass is 172 g/mol. The first kappa shape index (κ1) is 9.32. The lowest BCUT2D eigenvalue weighted by molar-refractivity contribution is 0.116. The van der Waals surface area contributed by atoms with Crippen molar-refractivity contribution in [2.75, 3.05) is 19.7 Å². The summed E-state index contributed by atoms with van der Waals surface area (Å²) in [6.45, 7) is 4.70. The van der Waals surface area contributed by atoms with Gasteiger partial charge in [0.05, 0.1) is 0 Å². The van der Waals surface area contributed by atoms with Gasteiger partial charge in [0, 0.05) is 6.04 Å². The molecule has 0 aliphatic carbocycles. The largest absolute Gasteiger partial charge is 0.448 e. The Labute approximate surface area is 72.7 Å². The fraction of sp³-hybridized carbons (Fsp3) is 0.875. The van der Waals surface area contributed by atoms with Crippen LogP contribution in [0.3, 0.4) is 0 Å². The van der Waals surface area contributed by atoms with Crippen LogP contribution in [-0.2, 0) is 4.74 Å². The first-order valence-electron chi connectivity index (χ1n) is 4.40. The fourth-order valence-corrected chi connectivity index (χ4v) is 1.68. The van der Waals surface area contributed by atoms with E-state index in [1.165, 1.54) is 6.42 Å². The van der Waals surface area contributed by atoms with Crippen LogP contribution in [0, 0.1) is 0 Å². The minimum Gasteiger partial charge on any atom is -0.448 e. The molecule has 1 aliphatic rings. The highest BCUT2D eigenvalue weighted by Crippen LogP contribution is 2.16. The van der Waals surface area contributed by atoms with Gasteiger partial charge in [0.25, 0.3) is 0 Å². The standard InChI is InChI=1S/C8H16N2O2/c1-2-10-5-3-4-7(10)6-12-8(9)11/h7H,2-6H2,1H3,(H2,9,11). The molecule has 0 bridgehead atoms. The van der Waals surface area contributed by atoms with E-state index in [0.29, 0.717) is 12.6 Å². The van der Waals surface area contributed by atoms with Gasteiger partial charge in [0.15, 0.2) is 0 Å². The minimum absolute atomic E-state index is 0.391. The molecular weight excluding hydrogens is 156 g/mol. The first-order valence-corrected chi connectivity index (χ1v) is 4.40. The number of nitrogens with two attached hydrogens (primary N) is 1. The number of carbonyl (C=O) groups excluding carboxylic acids is 1. The summed E-state index contributed by atoms with van der Waals surface area (Å²) in [5, 5.41) is 0. The minimum atomic E-state index is -0.669. The van der Waals surface area contributed by atoms with Gasteiger partial charge in [-0.1, -0.05) is 6.92 Å². The van der Waals surface area contributed by atoms with Crippen LogP contribution >= 0.6 is 0 Å². The number of hydrogen-bond donors (Lipinski definition) is 1. The van der Waals surface area contributed by atoms with Gasteiger partial charge in [0.1, 0.15) is 6.61 Å². The van der Waals surface area contributed by atoms with Crippen LogP contribution in [0.2, 0.25) is 0 Å². The lowest BCUT2D eigenvalue weighted by Gasteiger charge is -2.21. The van der Waals surface area contributed by atoms with Gasteiger partial charge in [-0.05, 0) is 25.9 Å². The second-order valence-electron chi connectivity index (χ2n) is 3.05. The third-order valence-corrected chi connectivity index (χ3v) is 2.32. The molecule has 0 aromatic heterocycles. The van der Waals surface area contributed by atoms with Crippen molar-refractivity contribution in [2.45, 2.75) is 25.8 Å². The molecule has 1 unspecified atom stereocenters. The zero-order valence-corrected chi connectivity index (χ0v) is 7.45. The molecule has 4 nitrogen and oxygen atoms in total. The highest BCUT2D eigenvalue weighted by molar-refractivity contribution is 5.64. The Morgan fingerprint density at radius 3 is 3.08 bits per heavy atom. The zero-order valence-electron chi connectivity index (χ0n) is 7.45. The smallest absolute Gasteiger partial charge is 0.404 e. The molecule has 4 heteroatoms. The van der Waals surface area contributed by atoms with Gasteiger partial charge >= 0.3 is 6.09 Å². The molecule has 2 N–H and O–H groups in total. The molecule has 0 radical (unpaired) electrons. The van der Waals surface area contributed by atoms with Crippen molar-refractivity contribution < 1.29 is 9.53 Å². The second-order valence-corrected chi connectivity index (χ2v) is 3.05. The number of amides is 1. The Kier molecular flexibility index (Phi) is 3.34. The third kappa shape index (κ3) is 2.37. The molecule has 1 fully saturated rings. The Bertz CT molecular complexity index is 161. The van der Waals surface area contributed by atoms with E-state index < -0.39 is 6.09 Å². The van der Waals surface area contributed by atoms with Gasteiger partial charge in [-0.15, -0.1) is 0 Å². The highest BCUT2D eigenvalue weighted by Gasteiger charge is 2.23. The molecule has 0 spiro atoms. The summed E-state index contributed by atoms with van der Waals surface area (Å²) in [4.78, 5) is 12.6. The van der Waals surface area contributed by atoms with E-state index in [0.717, 1.165) is 19.5 Å². The molecule has 1 heterocycles. The van der Waals surface area contributed by atoms with Crippen LogP contribution in [0.4, 0.5) is 4.79 Å². The SMILES string of the molecule is CCN1CCCC1COC(N)=O. The molecule has 0 aromatic carbocycles. The van der Waals surface area contributed by atoms with Gasteiger partial charge < -0.3 is 10.5 Å². The lowest BCUT2D eigenvalue weighted by Crippen LogP contribution is -2.34. The van der Waals surface area contributed by atoms with Gasteiger partial charge in [0.2, 0.25) is 0 Å². The second kappa shape index (κ2) is 4.30. The fourth-order valence-electron chi connectivity index (χ4n) is 1.68. The topological polar surface area (TPSA) is 55.6 Å². The summed E-state index contributed by atoms with van der Waals surface area (Å²) >= 11 is 0. The van der Waals surface area contributed by atoms with Gasteiger partial charge in [-0.3, -0.25) is 4.90 Å². The number of nitrogens with zero attached hydrogens (tertiary/aromatic N) is 1.